The number of halogens is 1. The van der Waals surface area contributed by atoms with Crippen LogP contribution in [0.3, 0.4) is 0 Å². The molecule has 1 nitrogen and oxygen atoms in total. The molecule has 0 aliphatic heterocycles. The van der Waals surface area contributed by atoms with E-state index in [9.17, 15) is 0 Å². The fourth-order valence-electron chi connectivity index (χ4n) is 0.993. The Kier molecular flexibility index (Phi) is 2.23. The normalized spacial score (nSPS) is 10.1. The second-order valence-corrected chi connectivity index (χ2v) is 4.49. The molecule has 0 unspecified atom stereocenters. The van der Waals surface area contributed by atoms with Gasteiger partial charge in [0, 0.05) is 10.9 Å². The Labute approximate surface area is 83.2 Å². The van der Waals surface area contributed by atoms with Crippen molar-refractivity contribution in [2.75, 3.05) is 0 Å². The van der Waals surface area contributed by atoms with E-state index in [-0.39, 0.29) is 0 Å². The summed E-state index contributed by atoms with van der Waals surface area (Å²) in [6.07, 6.45) is 0. The van der Waals surface area contributed by atoms with Crippen LogP contribution in [0.1, 0.15) is 0 Å². The summed E-state index contributed by atoms with van der Waals surface area (Å²) < 4.78 is 0.932. The van der Waals surface area contributed by atoms with Crippen LogP contribution in [0.4, 0.5) is 0 Å². The average molecular weight is 240 g/mol. The summed E-state index contributed by atoms with van der Waals surface area (Å²) in [6, 6.07) is 10.2. The molecule has 60 valence electrons. The lowest BCUT2D eigenvalue weighted by Gasteiger charge is -1.92. The van der Waals surface area contributed by atoms with E-state index in [0.717, 1.165) is 9.61 Å². The minimum absolute atomic E-state index is 0.932. The second-order valence-electron chi connectivity index (χ2n) is 2.35. The molecule has 0 atom stereocenters. The van der Waals surface area contributed by atoms with E-state index in [4.69, 9.17) is 0 Å². The van der Waals surface area contributed by atoms with Gasteiger partial charge in [0.25, 0.3) is 0 Å². The number of thiazole rings is 1. The number of hydrogen-bond acceptors (Lipinski definition) is 2. The minimum atomic E-state index is 0.932. The summed E-state index contributed by atoms with van der Waals surface area (Å²) in [7, 11) is 0. The van der Waals surface area contributed by atoms with E-state index in [1.165, 1.54) is 5.56 Å². The number of benzene rings is 1. The van der Waals surface area contributed by atoms with Gasteiger partial charge in [-0.2, -0.15) is 0 Å². The third-order valence-corrected chi connectivity index (χ3v) is 2.91. The van der Waals surface area contributed by atoms with Gasteiger partial charge in [0.2, 0.25) is 0 Å². The molecule has 1 heterocycles. The van der Waals surface area contributed by atoms with Crippen molar-refractivity contribution in [2.24, 2.45) is 0 Å². The predicted molar refractivity (Wildman–Crippen MR) is 55.3 cm³/mol. The summed E-state index contributed by atoms with van der Waals surface area (Å²) in [4.78, 5) is 4.32. The molecule has 12 heavy (non-hydrogen) atoms. The summed E-state index contributed by atoms with van der Waals surface area (Å²) in [5.41, 5.74) is 2.20. The molecule has 0 fully saturated rings. The predicted octanol–water partition coefficient (Wildman–Crippen LogP) is 3.57. The molecule has 1 aromatic heterocycles. The van der Waals surface area contributed by atoms with Gasteiger partial charge in [0.05, 0.1) is 5.69 Å². The Morgan fingerprint density at radius 1 is 1.17 bits per heavy atom. The van der Waals surface area contributed by atoms with Crippen LogP contribution in [0.2, 0.25) is 0 Å². The van der Waals surface area contributed by atoms with Crippen LogP contribution in [0.15, 0.2) is 39.6 Å². The van der Waals surface area contributed by atoms with E-state index in [1.54, 1.807) is 11.3 Å². The zero-order chi connectivity index (χ0) is 8.39. The van der Waals surface area contributed by atoms with Gasteiger partial charge in [-0.1, -0.05) is 30.3 Å². The molecule has 0 spiro atoms. The number of hydrogen-bond donors (Lipinski definition) is 0. The molecule has 2 aromatic rings. The molecular weight excluding hydrogens is 234 g/mol. The van der Waals surface area contributed by atoms with Crippen molar-refractivity contribution >= 4 is 27.3 Å². The van der Waals surface area contributed by atoms with Gasteiger partial charge in [-0.3, -0.25) is 0 Å². The van der Waals surface area contributed by atoms with Gasteiger partial charge >= 0.3 is 0 Å². The van der Waals surface area contributed by atoms with Crippen molar-refractivity contribution in [3.63, 3.8) is 0 Å². The average Bonchev–Trinajstić information content (AvgIpc) is 2.54. The molecule has 0 radical (unpaired) electrons. The van der Waals surface area contributed by atoms with Crippen LogP contribution in [0.25, 0.3) is 11.3 Å². The lowest BCUT2D eigenvalue weighted by Crippen LogP contribution is -1.74. The van der Waals surface area contributed by atoms with Crippen LogP contribution in [-0.4, -0.2) is 4.98 Å². The second kappa shape index (κ2) is 3.37. The lowest BCUT2D eigenvalue weighted by atomic mass is 10.2. The first-order valence-corrected chi connectivity index (χ1v) is 5.20. The number of rotatable bonds is 1. The largest absolute Gasteiger partial charge is 0.229 e. The fraction of sp³-hybridized carbons (Fsp3) is 0. The van der Waals surface area contributed by atoms with Crippen LogP contribution in [-0.2, 0) is 0 Å². The molecule has 0 N–H and O–H groups in total. The van der Waals surface area contributed by atoms with E-state index < -0.39 is 0 Å². The van der Waals surface area contributed by atoms with Gasteiger partial charge < -0.3 is 0 Å². The first-order valence-electron chi connectivity index (χ1n) is 3.53. The minimum Gasteiger partial charge on any atom is -0.229 e. The molecular formula is C9H6BrNS. The van der Waals surface area contributed by atoms with E-state index in [2.05, 4.69) is 33.0 Å². The smallest absolute Gasteiger partial charge is 0.159 e. The molecule has 2 rings (SSSR count). The zero-order valence-corrected chi connectivity index (χ0v) is 8.60. The van der Waals surface area contributed by atoms with Gasteiger partial charge in [0.1, 0.15) is 0 Å². The van der Waals surface area contributed by atoms with Crippen molar-refractivity contribution < 1.29 is 0 Å². The molecule has 3 heteroatoms. The Morgan fingerprint density at radius 3 is 2.50 bits per heavy atom. The Balaban J connectivity index is 2.45. The first kappa shape index (κ1) is 7.95. The van der Waals surface area contributed by atoms with Crippen molar-refractivity contribution in [3.05, 3.63) is 39.6 Å². The topological polar surface area (TPSA) is 12.9 Å². The Morgan fingerprint density at radius 2 is 1.92 bits per heavy atom. The molecule has 0 aliphatic carbocycles. The van der Waals surface area contributed by atoms with Gasteiger partial charge in [-0.15, -0.1) is 11.3 Å². The van der Waals surface area contributed by atoms with Crippen molar-refractivity contribution in [3.8, 4) is 11.3 Å². The molecule has 0 saturated heterocycles. The summed E-state index contributed by atoms with van der Waals surface area (Å²) in [5.74, 6) is 0. The van der Waals surface area contributed by atoms with Crippen LogP contribution < -0.4 is 0 Å². The number of nitrogens with zero attached hydrogens (tertiary/aromatic N) is 1. The summed E-state index contributed by atoms with van der Waals surface area (Å²) >= 11 is 4.94. The molecule has 1 aromatic carbocycles. The summed E-state index contributed by atoms with van der Waals surface area (Å²) in [6.45, 7) is 0. The first-order chi connectivity index (χ1) is 5.86. The monoisotopic (exact) mass is 239 g/mol. The Bertz CT molecular complexity index is 369. The van der Waals surface area contributed by atoms with Gasteiger partial charge in [-0.05, 0) is 15.9 Å². The molecule has 0 bridgehead atoms. The van der Waals surface area contributed by atoms with Crippen molar-refractivity contribution in [1.82, 2.24) is 4.98 Å². The Hall–Kier alpha value is -0.670. The quantitative estimate of drug-likeness (QED) is 0.742. The standard InChI is InChI=1S/C9H6BrNS/c10-9-11-8(6-12-9)7-4-2-1-3-5-7/h1-6H. The number of aromatic nitrogens is 1. The maximum Gasteiger partial charge on any atom is 0.159 e. The highest BCUT2D eigenvalue weighted by molar-refractivity contribution is 9.11. The highest BCUT2D eigenvalue weighted by Crippen LogP contribution is 2.24. The lowest BCUT2D eigenvalue weighted by molar-refractivity contribution is 1.37. The van der Waals surface area contributed by atoms with E-state index in [1.807, 2.05) is 23.6 Å². The van der Waals surface area contributed by atoms with Crippen LogP contribution in [0, 0.1) is 0 Å². The van der Waals surface area contributed by atoms with Crippen molar-refractivity contribution in [1.29, 1.82) is 0 Å². The van der Waals surface area contributed by atoms with Gasteiger partial charge in [-0.25, -0.2) is 4.98 Å². The molecule has 0 aliphatic rings. The maximum atomic E-state index is 4.32. The molecule has 0 amide bonds. The summed E-state index contributed by atoms with van der Waals surface area (Å²) in [5, 5.41) is 2.04. The van der Waals surface area contributed by atoms with Crippen molar-refractivity contribution in [2.45, 2.75) is 0 Å². The van der Waals surface area contributed by atoms with Crippen LogP contribution in [0.5, 0.6) is 0 Å². The third-order valence-electron chi connectivity index (χ3n) is 1.55. The van der Waals surface area contributed by atoms with Crippen LogP contribution >= 0.6 is 27.3 Å². The maximum absolute atomic E-state index is 4.32. The van der Waals surface area contributed by atoms with Gasteiger partial charge in [0.15, 0.2) is 3.92 Å². The highest BCUT2D eigenvalue weighted by atomic mass is 79.9. The third kappa shape index (κ3) is 1.57. The SMILES string of the molecule is Brc1nc(-c2ccccc2)cs1. The van der Waals surface area contributed by atoms with E-state index >= 15 is 0 Å². The van der Waals surface area contributed by atoms with E-state index in [0.29, 0.717) is 0 Å². The highest BCUT2D eigenvalue weighted by Gasteiger charge is 2.00. The molecule has 0 saturated carbocycles. The fourth-order valence-corrected chi connectivity index (χ4v) is 2.01. The zero-order valence-electron chi connectivity index (χ0n) is 6.20.